The Morgan fingerprint density at radius 1 is 1.12 bits per heavy atom. The molecule has 0 bridgehead atoms. The largest absolute Gasteiger partial charge is 0.326 e. The van der Waals surface area contributed by atoms with E-state index in [0.29, 0.717) is 10.7 Å². The van der Waals surface area contributed by atoms with Gasteiger partial charge in [-0.3, -0.25) is 4.79 Å². The highest BCUT2D eigenvalue weighted by atomic mass is 35.5. The van der Waals surface area contributed by atoms with Crippen molar-refractivity contribution in [3.05, 3.63) is 59.1 Å². The number of anilines is 1. The molecule has 3 rings (SSSR count). The second-order valence-electron chi connectivity index (χ2n) is 6.76. The predicted octanol–water partition coefficient (Wildman–Crippen LogP) is 3.77. The van der Waals surface area contributed by atoms with Gasteiger partial charge in [0.25, 0.3) is 0 Å². The van der Waals surface area contributed by atoms with E-state index in [9.17, 15) is 13.2 Å². The van der Waals surface area contributed by atoms with Crippen molar-refractivity contribution >= 4 is 33.2 Å². The first kappa shape index (κ1) is 18.9. The lowest BCUT2D eigenvalue weighted by molar-refractivity contribution is -0.117. The fourth-order valence-corrected chi connectivity index (χ4v) is 4.46. The minimum Gasteiger partial charge on any atom is -0.326 e. The molecule has 0 saturated heterocycles. The first-order chi connectivity index (χ1) is 12.3. The molecule has 7 heteroatoms. The second kappa shape index (κ2) is 7.39. The van der Waals surface area contributed by atoms with Gasteiger partial charge in [-0.25, -0.2) is 13.1 Å². The van der Waals surface area contributed by atoms with E-state index in [-0.39, 0.29) is 28.7 Å². The first-order valence-electron chi connectivity index (χ1n) is 8.45. The molecule has 2 aromatic rings. The summed E-state index contributed by atoms with van der Waals surface area (Å²) in [5.41, 5.74) is 1.57. The lowest BCUT2D eigenvalue weighted by Gasteiger charge is -2.10. The Labute approximate surface area is 158 Å². The number of amides is 1. The summed E-state index contributed by atoms with van der Waals surface area (Å²) in [6, 6.07) is 13.5. The zero-order valence-corrected chi connectivity index (χ0v) is 16.1. The van der Waals surface area contributed by atoms with Crippen LogP contribution in [-0.4, -0.2) is 20.4 Å². The average Bonchev–Trinajstić information content (AvgIpc) is 3.35. The number of sulfonamides is 1. The third kappa shape index (κ3) is 4.26. The first-order valence-corrected chi connectivity index (χ1v) is 10.3. The predicted molar refractivity (Wildman–Crippen MR) is 103 cm³/mol. The van der Waals surface area contributed by atoms with E-state index in [4.69, 9.17) is 11.6 Å². The highest BCUT2D eigenvalue weighted by Gasteiger charge is 2.44. The molecule has 2 aromatic carbocycles. The van der Waals surface area contributed by atoms with Crippen molar-refractivity contribution in [1.29, 1.82) is 0 Å². The van der Waals surface area contributed by atoms with Gasteiger partial charge < -0.3 is 5.32 Å². The van der Waals surface area contributed by atoms with Crippen LogP contribution in [0.2, 0.25) is 5.02 Å². The summed E-state index contributed by atoms with van der Waals surface area (Å²) in [6.45, 7) is 3.52. The van der Waals surface area contributed by atoms with Crippen LogP contribution < -0.4 is 10.0 Å². The monoisotopic (exact) mass is 392 g/mol. The van der Waals surface area contributed by atoms with Gasteiger partial charge in [0.1, 0.15) is 0 Å². The number of rotatable bonds is 6. The summed E-state index contributed by atoms with van der Waals surface area (Å²) in [7, 11) is -3.54. The zero-order chi connectivity index (χ0) is 18.9. The van der Waals surface area contributed by atoms with Gasteiger partial charge in [-0.1, -0.05) is 29.8 Å². The number of carbonyl (C=O) groups is 1. The van der Waals surface area contributed by atoms with Crippen molar-refractivity contribution in [2.24, 2.45) is 5.92 Å². The van der Waals surface area contributed by atoms with Crippen molar-refractivity contribution in [1.82, 2.24) is 4.72 Å². The number of hydrogen-bond acceptors (Lipinski definition) is 3. The molecule has 2 atom stereocenters. The Kier molecular flexibility index (Phi) is 5.37. The molecular weight excluding hydrogens is 372 g/mol. The van der Waals surface area contributed by atoms with Gasteiger partial charge in [0, 0.05) is 22.7 Å². The molecule has 138 valence electrons. The lowest BCUT2D eigenvalue weighted by atomic mass is 10.1. The summed E-state index contributed by atoms with van der Waals surface area (Å²) < 4.78 is 26.8. The fourth-order valence-electron chi connectivity index (χ4n) is 2.94. The van der Waals surface area contributed by atoms with Gasteiger partial charge in [0.05, 0.1) is 4.90 Å². The normalized spacial score (nSPS) is 19.4. The molecule has 0 spiro atoms. The van der Waals surface area contributed by atoms with Gasteiger partial charge >= 0.3 is 0 Å². The molecule has 0 radical (unpaired) electrons. The smallest absolute Gasteiger partial charge is 0.240 e. The van der Waals surface area contributed by atoms with E-state index in [1.165, 1.54) is 12.1 Å². The Balaban J connectivity index is 1.64. The second-order valence-corrected chi connectivity index (χ2v) is 8.88. The third-order valence-corrected chi connectivity index (χ3v) is 6.27. The van der Waals surface area contributed by atoms with Gasteiger partial charge in [-0.05, 0) is 62.1 Å². The van der Waals surface area contributed by atoms with Crippen LogP contribution in [0, 0.1) is 5.92 Å². The molecule has 0 aromatic heterocycles. The van der Waals surface area contributed by atoms with Crippen molar-refractivity contribution < 1.29 is 13.2 Å². The molecule has 1 saturated carbocycles. The van der Waals surface area contributed by atoms with Crippen LogP contribution in [0.15, 0.2) is 53.4 Å². The maximum Gasteiger partial charge on any atom is 0.240 e. The van der Waals surface area contributed by atoms with Crippen molar-refractivity contribution in [3.8, 4) is 0 Å². The highest BCUT2D eigenvalue weighted by Crippen LogP contribution is 2.49. The van der Waals surface area contributed by atoms with E-state index in [2.05, 4.69) is 10.0 Å². The molecule has 2 N–H and O–H groups in total. The number of nitrogens with one attached hydrogen (secondary N) is 2. The maximum absolute atomic E-state index is 12.4. The molecule has 0 aliphatic heterocycles. The van der Waals surface area contributed by atoms with E-state index in [1.807, 2.05) is 24.3 Å². The van der Waals surface area contributed by atoms with Crippen molar-refractivity contribution in [2.45, 2.75) is 37.1 Å². The number of halogens is 1. The van der Waals surface area contributed by atoms with E-state index in [0.717, 1.165) is 12.0 Å². The lowest BCUT2D eigenvalue weighted by Crippen LogP contribution is -2.30. The van der Waals surface area contributed by atoms with Crippen LogP contribution in [0.1, 0.15) is 31.7 Å². The van der Waals surface area contributed by atoms with Crippen LogP contribution in [0.4, 0.5) is 5.69 Å². The molecular formula is C19H21ClN2O3S. The molecule has 1 amide bonds. The van der Waals surface area contributed by atoms with E-state index >= 15 is 0 Å². The van der Waals surface area contributed by atoms with E-state index in [1.54, 1.807) is 26.0 Å². The van der Waals surface area contributed by atoms with Crippen molar-refractivity contribution in [3.63, 3.8) is 0 Å². The summed E-state index contributed by atoms with van der Waals surface area (Å²) in [5, 5.41) is 3.53. The topological polar surface area (TPSA) is 75.3 Å². The molecule has 5 nitrogen and oxygen atoms in total. The highest BCUT2D eigenvalue weighted by molar-refractivity contribution is 7.89. The van der Waals surface area contributed by atoms with Crippen LogP contribution in [0.5, 0.6) is 0 Å². The quantitative estimate of drug-likeness (QED) is 0.785. The summed E-state index contributed by atoms with van der Waals surface area (Å²) >= 11 is 6.19. The van der Waals surface area contributed by atoms with Crippen LogP contribution in [0.3, 0.4) is 0 Å². The van der Waals surface area contributed by atoms with Gasteiger partial charge in [0.15, 0.2) is 0 Å². The van der Waals surface area contributed by atoms with Crippen LogP contribution >= 0.6 is 11.6 Å². The minimum absolute atomic E-state index is 0.0779. The standard InChI is InChI=1S/C19H21ClN2O3S/c1-12(2)22-26(24,25)14-9-7-13(8-10-14)21-19(23)17-11-16(17)15-5-3-4-6-18(15)20/h3-10,12,16-17,22H,11H2,1-2H3,(H,21,23). The number of benzene rings is 2. The SMILES string of the molecule is CC(C)NS(=O)(=O)c1ccc(NC(=O)C2CC2c2ccccc2Cl)cc1. The fraction of sp³-hybridized carbons (Fsp3) is 0.316. The molecule has 2 unspecified atom stereocenters. The van der Waals surface area contributed by atoms with Gasteiger partial charge in [-0.15, -0.1) is 0 Å². The molecule has 1 fully saturated rings. The Bertz CT molecular complexity index is 911. The summed E-state index contributed by atoms with van der Waals surface area (Å²) in [4.78, 5) is 12.6. The molecule has 1 aliphatic carbocycles. The summed E-state index contributed by atoms with van der Waals surface area (Å²) in [6.07, 6.45) is 0.764. The maximum atomic E-state index is 12.4. The summed E-state index contributed by atoms with van der Waals surface area (Å²) in [5.74, 6) is -0.0506. The Morgan fingerprint density at radius 3 is 2.38 bits per heavy atom. The zero-order valence-electron chi connectivity index (χ0n) is 14.6. The van der Waals surface area contributed by atoms with Crippen LogP contribution in [-0.2, 0) is 14.8 Å². The van der Waals surface area contributed by atoms with Gasteiger partial charge in [-0.2, -0.15) is 0 Å². The molecule has 1 aliphatic rings. The Hall–Kier alpha value is -1.89. The van der Waals surface area contributed by atoms with Crippen molar-refractivity contribution in [2.75, 3.05) is 5.32 Å². The number of hydrogen-bond donors (Lipinski definition) is 2. The average molecular weight is 393 g/mol. The third-order valence-electron chi connectivity index (χ3n) is 4.25. The van der Waals surface area contributed by atoms with Gasteiger partial charge in [0.2, 0.25) is 15.9 Å². The molecule has 0 heterocycles. The Morgan fingerprint density at radius 2 is 1.77 bits per heavy atom. The minimum atomic E-state index is -3.54. The van der Waals surface area contributed by atoms with Crippen LogP contribution in [0.25, 0.3) is 0 Å². The molecule has 26 heavy (non-hydrogen) atoms. The number of carbonyl (C=O) groups excluding carboxylic acids is 1. The van der Waals surface area contributed by atoms with E-state index < -0.39 is 10.0 Å².